The standard InChI is InChI=1S/C66H57B2N5/c1-7-24-46(25-8-1)69(47-26-9-2-10-27-47)52-42-63-66-64(43-52)73(51-34-17-6-18-35-51)62-45-61-55(44-56(62)68(66)54-37-20-22-39-58(54)71(63)49-30-13-4-14-31-49)67-53-36-19-21-38-57(53)70(48-28-11-3-12-29-48)59-40-23-41-60(65(59)67)72(61)50-32-15-5-16-33-50/h3-6,11-23,28-47H,1-2,7-10,24-27H2. The summed E-state index contributed by atoms with van der Waals surface area (Å²) in [5.41, 5.74) is 24.1. The quantitative estimate of drug-likeness (QED) is 0.148. The van der Waals surface area contributed by atoms with Gasteiger partial charge in [-0.2, -0.15) is 0 Å². The van der Waals surface area contributed by atoms with Crippen LogP contribution in [0.1, 0.15) is 64.2 Å². The van der Waals surface area contributed by atoms with E-state index in [0.29, 0.717) is 12.1 Å². The van der Waals surface area contributed by atoms with Crippen LogP contribution in [0.3, 0.4) is 0 Å². The summed E-state index contributed by atoms with van der Waals surface area (Å²) in [7, 11) is 0. The zero-order chi connectivity index (χ0) is 48.0. The fraction of sp³-hybridized carbons (Fsp3) is 0.182. The maximum atomic E-state index is 2.96. The molecule has 2 aliphatic carbocycles. The lowest BCUT2D eigenvalue weighted by Crippen LogP contribution is -2.65. The van der Waals surface area contributed by atoms with Crippen molar-refractivity contribution in [2.75, 3.05) is 24.5 Å². The average molecular weight is 942 g/mol. The van der Waals surface area contributed by atoms with Crippen molar-refractivity contribution in [3.05, 3.63) is 212 Å². The van der Waals surface area contributed by atoms with Crippen LogP contribution >= 0.6 is 0 Å². The molecule has 7 heteroatoms. The van der Waals surface area contributed by atoms with Crippen molar-refractivity contribution in [2.45, 2.75) is 76.3 Å². The molecule has 0 amide bonds. The zero-order valence-corrected chi connectivity index (χ0v) is 41.3. The predicted molar refractivity (Wildman–Crippen MR) is 311 cm³/mol. The van der Waals surface area contributed by atoms with Crippen molar-refractivity contribution in [1.82, 2.24) is 0 Å². The molecule has 0 radical (unpaired) electrons. The summed E-state index contributed by atoms with van der Waals surface area (Å²) >= 11 is 0. The molecule has 0 aromatic heterocycles. The highest BCUT2D eigenvalue weighted by Gasteiger charge is 2.48. The average Bonchev–Trinajstić information content (AvgIpc) is 3.46. The Bertz CT molecular complexity index is 3520. The van der Waals surface area contributed by atoms with Crippen LogP contribution in [-0.4, -0.2) is 25.5 Å². The van der Waals surface area contributed by atoms with Gasteiger partial charge < -0.3 is 24.5 Å². The second-order valence-corrected chi connectivity index (χ2v) is 21.2. The third-order valence-corrected chi connectivity index (χ3v) is 17.3. The van der Waals surface area contributed by atoms with Crippen LogP contribution in [0.4, 0.5) is 73.9 Å². The molecule has 5 nitrogen and oxygen atoms in total. The summed E-state index contributed by atoms with van der Waals surface area (Å²) in [6, 6.07) is 81.6. The van der Waals surface area contributed by atoms with Crippen molar-refractivity contribution < 1.29 is 0 Å². The number of benzene rings is 9. The monoisotopic (exact) mass is 941 g/mol. The number of hydrogen-bond donors (Lipinski definition) is 0. The number of fused-ring (bicyclic) bond motifs is 8. The Kier molecular flexibility index (Phi) is 10.2. The summed E-state index contributed by atoms with van der Waals surface area (Å²) < 4.78 is 0. The molecule has 0 bridgehead atoms. The Hall–Kier alpha value is -7.89. The fourth-order valence-corrected chi connectivity index (χ4v) is 14.3. The molecule has 15 rings (SSSR count). The zero-order valence-electron chi connectivity index (χ0n) is 41.3. The highest BCUT2D eigenvalue weighted by Crippen LogP contribution is 2.50. The third-order valence-electron chi connectivity index (χ3n) is 17.3. The maximum Gasteiger partial charge on any atom is 0.252 e. The third kappa shape index (κ3) is 6.70. The van der Waals surface area contributed by atoms with E-state index in [0.717, 1.165) is 5.69 Å². The number of hydrogen-bond acceptors (Lipinski definition) is 5. The number of para-hydroxylation sites is 6. The van der Waals surface area contributed by atoms with Gasteiger partial charge >= 0.3 is 0 Å². The topological polar surface area (TPSA) is 16.2 Å². The van der Waals surface area contributed by atoms with Gasteiger partial charge in [0.2, 0.25) is 0 Å². The minimum absolute atomic E-state index is 0.00441. The van der Waals surface area contributed by atoms with E-state index in [1.807, 2.05) is 0 Å². The van der Waals surface area contributed by atoms with Crippen LogP contribution in [0.2, 0.25) is 0 Å². The lowest BCUT2D eigenvalue weighted by Gasteiger charge is -2.48. The highest BCUT2D eigenvalue weighted by molar-refractivity contribution is 7.03. The number of anilines is 13. The summed E-state index contributed by atoms with van der Waals surface area (Å²) in [4.78, 5) is 13.3. The van der Waals surface area contributed by atoms with Crippen molar-refractivity contribution in [2.24, 2.45) is 0 Å². The van der Waals surface area contributed by atoms with E-state index < -0.39 is 0 Å². The Morgan fingerprint density at radius 1 is 0.288 bits per heavy atom. The van der Waals surface area contributed by atoms with Gasteiger partial charge in [-0.05, 0) is 149 Å². The van der Waals surface area contributed by atoms with Crippen LogP contribution in [-0.2, 0) is 0 Å². The van der Waals surface area contributed by atoms with Gasteiger partial charge in [0.1, 0.15) is 0 Å². The SMILES string of the molecule is c1ccc(N2c3ccccc3B3c4cc5c(cc4N(c4ccccc4)c4cccc2c43)N(c2ccccc2)c2cc(N(C3CCCCC3)C3CCCCC3)cc3c2B5c2ccccc2N3c2ccccc2)cc1. The Balaban J connectivity index is 1.04. The van der Waals surface area contributed by atoms with E-state index >= 15 is 0 Å². The second-order valence-electron chi connectivity index (χ2n) is 21.2. The van der Waals surface area contributed by atoms with E-state index in [9.17, 15) is 0 Å². The molecule has 0 saturated heterocycles. The maximum absolute atomic E-state index is 2.96. The highest BCUT2D eigenvalue weighted by atomic mass is 15.2. The van der Waals surface area contributed by atoms with Crippen LogP contribution < -0.4 is 57.3 Å². The summed E-state index contributed by atoms with van der Waals surface area (Å²) in [6.07, 6.45) is 13.0. The van der Waals surface area contributed by atoms with Gasteiger partial charge in [-0.3, -0.25) is 0 Å². The summed E-state index contributed by atoms with van der Waals surface area (Å²) in [5, 5.41) is 0. The molecule has 2 saturated carbocycles. The van der Waals surface area contributed by atoms with Crippen LogP contribution in [0.15, 0.2) is 212 Å². The molecule has 6 aliphatic rings. The first-order valence-corrected chi connectivity index (χ1v) is 27.1. The number of nitrogens with zero attached hydrogens (tertiary/aromatic N) is 5. The van der Waals surface area contributed by atoms with Gasteiger partial charge in [-0.25, -0.2) is 0 Å². The molecule has 4 heterocycles. The molecule has 352 valence electrons. The van der Waals surface area contributed by atoms with Gasteiger partial charge in [0.25, 0.3) is 13.4 Å². The van der Waals surface area contributed by atoms with Crippen LogP contribution in [0.5, 0.6) is 0 Å². The lowest BCUT2D eigenvalue weighted by atomic mass is 9.30. The molecular weight excluding hydrogens is 884 g/mol. The van der Waals surface area contributed by atoms with E-state index in [-0.39, 0.29) is 13.4 Å². The van der Waals surface area contributed by atoms with Gasteiger partial charge in [-0.1, -0.05) is 160 Å². The first kappa shape index (κ1) is 42.8. The second kappa shape index (κ2) is 17.4. The Morgan fingerprint density at radius 2 is 0.630 bits per heavy atom. The van der Waals surface area contributed by atoms with Gasteiger partial charge in [-0.15, -0.1) is 0 Å². The van der Waals surface area contributed by atoms with Gasteiger partial charge in [0.15, 0.2) is 0 Å². The minimum atomic E-state index is -0.0187. The minimum Gasteiger partial charge on any atom is -0.365 e. The fourth-order valence-electron chi connectivity index (χ4n) is 14.3. The Labute approximate surface area is 431 Å². The van der Waals surface area contributed by atoms with Gasteiger partial charge in [0.05, 0.1) is 0 Å². The van der Waals surface area contributed by atoms with Crippen LogP contribution in [0, 0.1) is 0 Å². The summed E-state index contributed by atoms with van der Waals surface area (Å²) in [5.74, 6) is 0. The Morgan fingerprint density at radius 3 is 1.07 bits per heavy atom. The van der Waals surface area contributed by atoms with E-state index in [2.05, 4.69) is 237 Å². The molecule has 0 atom stereocenters. The van der Waals surface area contributed by atoms with Crippen molar-refractivity contribution >= 4 is 120 Å². The molecular formula is C66H57B2N5. The lowest BCUT2D eigenvalue weighted by molar-refractivity contribution is 0.340. The van der Waals surface area contributed by atoms with E-state index in [4.69, 9.17) is 0 Å². The molecule has 73 heavy (non-hydrogen) atoms. The predicted octanol–water partition coefficient (Wildman–Crippen LogP) is 13.3. The molecule has 4 aliphatic heterocycles. The molecule has 0 N–H and O–H groups in total. The smallest absolute Gasteiger partial charge is 0.252 e. The van der Waals surface area contributed by atoms with Crippen molar-refractivity contribution in [1.29, 1.82) is 0 Å². The number of rotatable bonds is 7. The molecule has 2 fully saturated rings. The van der Waals surface area contributed by atoms with Crippen molar-refractivity contribution in [3.8, 4) is 0 Å². The van der Waals surface area contributed by atoms with Gasteiger partial charge in [0, 0.05) is 86.0 Å². The molecule has 0 spiro atoms. The summed E-state index contributed by atoms with van der Waals surface area (Å²) in [6.45, 7) is -0.0232. The first-order chi connectivity index (χ1) is 36.3. The normalized spacial score (nSPS) is 16.5. The van der Waals surface area contributed by atoms with E-state index in [1.165, 1.54) is 165 Å². The van der Waals surface area contributed by atoms with Crippen molar-refractivity contribution in [3.63, 3.8) is 0 Å². The van der Waals surface area contributed by atoms with Crippen LogP contribution in [0.25, 0.3) is 0 Å². The first-order valence-electron chi connectivity index (χ1n) is 27.1. The molecule has 9 aromatic rings. The molecule has 0 unspecified atom stereocenters. The largest absolute Gasteiger partial charge is 0.365 e. The van der Waals surface area contributed by atoms with E-state index in [1.54, 1.807) is 0 Å². The molecule has 9 aromatic carbocycles.